The van der Waals surface area contributed by atoms with Gasteiger partial charge in [-0.2, -0.15) is 13.5 Å². The number of benzene rings is 1. The lowest BCUT2D eigenvalue weighted by atomic mass is 10.3. The number of nitrogens with zero attached hydrogens (tertiary/aromatic N) is 3. The van der Waals surface area contributed by atoms with Gasteiger partial charge in [0.05, 0.1) is 40.5 Å². The molecule has 0 radical (unpaired) electrons. The van der Waals surface area contributed by atoms with Crippen LogP contribution in [0.1, 0.15) is 26.2 Å². The largest absolute Gasteiger partial charge is 0.480 e. The molecule has 1 heterocycles. The van der Waals surface area contributed by atoms with Gasteiger partial charge in [-0.25, -0.2) is 17.8 Å². The average molecular weight is 615 g/mol. The van der Waals surface area contributed by atoms with Crippen LogP contribution in [-0.2, 0) is 19.4 Å². The molecule has 0 aliphatic heterocycles. The summed E-state index contributed by atoms with van der Waals surface area (Å²) in [4.78, 5) is 38.2. The van der Waals surface area contributed by atoms with Crippen LogP contribution in [0.4, 0.5) is 14.5 Å². The Morgan fingerprint density at radius 1 is 1.24 bits per heavy atom. The number of aliphatic carboxylic acids is 1. The van der Waals surface area contributed by atoms with E-state index in [0.717, 1.165) is 12.3 Å². The number of carbonyl (C=O) groups is 1. The summed E-state index contributed by atoms with van der Waals surface area (Å²) in [6.07, 6.45) is 0.304. The minimum Gasteiger partial charge on any atom is -0.480 e. The van der Waals surface area contributed by atoms with Crippen LogP contribution in [0.25, 0.3) is 5.69 Å². The fourth-order valence-electron chi connectivity index (χ4n) is 2.14. The molecule has 0 saturated carbocycles. The number of nitrogens with one attached hydrogen (secondary N) is 2. The number of alkyl halides is 2. The van der Waals surface area contributed by atoms with Gasteiger partial charge >= 0.3 is 25.8 Å². The third kappa shape index (κ3) is 13.8. The Kier molecular flexibility index (Phi) is 13.9. The molecule has 0 spiro atoms. The van der Waals surface area contributed by atoms with Crippen LogP contribution < -0.4 is 21.5 Å². The molecule has 1 aromatic heterocycles. The number of rotatable bonds is 8. The van der Waals surface area contributed by atoms with Crippen LogP contribution in [0.2, 0.25) is 10.0 Å². The zero-order valence-corrected chi connectivity index (χ0v) is 23.1. The molecule has 0 aliphatic rings. The smallest absolute Gasteiger partial charge is 0.355 e. The molecule has 0 unspecified atom stereocenters. The summed E-state index contributed by atoms with van der Waals surface area (Å²) in [7, 11) is -7.74. The SMILES string of the molecule is CC(C)N.Cc1nn(-c2cc(NS(C)(=O)=O)c(Cl)cc2Cl)c(=O)n1C(F)F.O=C(O)CNCP(=O)(O)O. The van der Waals surface area contributed by atoms with E-state index in [2.05, 4.69) is 15.1 Å². The highest BCUT2D eigenvalue weighted by Gasteiger charge is 2.21. The normalized spacial score (nSPS) is 11.5. The topological polar surface area (TPSA) is 219 Å². The van der Waals surface area contributed by atoms with E-state index in [-0.39, 0.29) is 31.8 Å². The van der Waals surface area contributed by atoms with Crippen molar-refractivity contribution >= 4 is 52.5 Å². The monoisotopic (exact) mass is 614 g/mol. The van der Waals surface area contributed by atoms with E-state index < -0.39 is 48.7 Å². The highest BCUT2D eigenvalue weighted by Crippen LogP contribution is 2.32. The van der Waals surface area contributed by atoms with Gasteiger partial charge < -0.3 is 20.6 Å². The van der Waals surface area contributed by atoms with Crippen molar-refractivity contribution in [1.29, 1.82) is 0 Å². The van der Waals surface area contributed by atoms with E-state index in [4.69, 9.17) is 43.8 Å². The summed E-state index contributed by atoms with van der Waals surface area (Å²) in [5.74, 6) is -1.37. The number of carboxylic acid groups (broad SMARTS) is 1. The molecule has 2 aromatic rings. The molecule has 0 amide bonds. The molecule has 0 atom stereocenters. The van der Waals surface area contributed by atoms with Gasteiger partial charge in [0.1, 0.15) is 5.82 Å². The van der Waals surface area contributed by atoms with Crippen LogP contribution in [0.3, 0.4) is 0 Å². The molecule has 0 saturated heterocycles. The molecular formula is C17H27Cl2F2N6O8PS. The lowest BCUT2D eigenvalue weighted by molar-refractivity contribution is -0.135. The first-order valence-corrected chi connectivity index (χ1v) is 14.3. The average Bonchev–Trinajstić information content (AvgIpc) is 2.95. The second kappa shape index (κ2) is 14.7. The molecule has 14 nitrogen and oxygen atoms in total. The predicted molar refractivity (Wildman–Crippen MR) is 134 cm³/mol. The summed E-state index contributed by atoms with van der Waals surface area (Å²) < 4.78 is 61.3. The Morgan fingerprint density at radius 2 is 1.76 bits per heavy atom. The number of anilines is 1. The Hall–Kier alpha value is -2.11. The van der Waals surface area contributed by atoms with Crippen LogP contribution in [0.15, 0.2) is 16.9 Å². The van der Waals surface area contributed by atoms with Gasteiger partial charge in [-0.3, -0.25) is 19.4 Å². The molecule has 37 heavy (non-hydrogen) atoms. The maximum Gasteiger partial charge on any atom is 0.355 e. The van der Waals surface area contributed by atoms with Gasteiger partial charge in [0.2, 0.25) is 10.0 Å². The minimum atomic E-state index is -4.10. The quantitative estimate of drug-likeness (QED) is 0.234. The van der Waals surface area contributed by atoms with Gasteiger partial charge in [0, 0.05) is 0 Å². The number of hydrogen-bond acceptors (Lipinski definition) is 8. The van der Waals surface area contributed by atoms with E-state index in [1.165, 1.54) is 13.0 Å². The maximum absolute atomic E-state index is 12.8. The second-order valence-electron chi connectivity index (χ2n) is 7.43. The van der Waals surface area contributed by atoms with E-state index in [1.807, 2.05) is 13.8 Å². The number of nitrogens with two attached hydrogens (primary N) is 1. The predicted octanol–water partition coefficient (Wildman–Crippen LogP) is 1.57. The van der Waals surface area contributed by atoms with Crippen molar-refractivity contribution in [2.24, 2.45) is 5.73 Å². The number of carboxylic acids is 1. The molecule has 212 valence electrons. The summed E-state index contributed by atoms with van der Waals surface area (Å²) in [5.41, 5.74) is 3.84. The van der Waals surface area contributed by atoms with Gasteiger partial charge in [-0.15, -0.1) is 5.10 Å². The van der Waals surface area contributed by atoms with E-state index >= 15 is 0 Å². The molecule has 0 fully saturated rings. The van der Waals surface area contributed by atoms with Crippen molar-refractivity contribution in [2.75, 3.05) is 23.8 Å². The summed E-state index contributed by atoms with van der Waals surface area (Å²) >= 11 is 11.8. The first-order chi connectivity index (χ1) is 16.7. The van der Waals surface area contributed by atoms with Crippen molar-refractivity contribution in [3.63, 3.8) is 0 Å². The lowest BCUT2D eigenvalue weighted by Gasteiger charge is -2.10. The van der Waals surface area contributed by atoms with E-state index in [0.29, 0.717) is 10.7 Å². The highest BCUT2D eigenvalue weighted by molar-refractivity contribution is 7.92. The molecule has 1 aromatic carbocycles. The Morgan fingerprint density at radius 3 is 2.14 bits per heavy atom. The second-order valence-corrected chi connectivity index (χ2v) is 11.6. The number of hydrogen-bond donors (Lipinski definition) is 6. The number of sulfonamides is 1. The van der Waals surface area contributed by atoms with Crippen molar-refractivity contribution in [2.45, 2.75) is 33.4 Å². The van der Waals surface area contributed by atoms with E-state index in [9.17, 15) is 31.4 Å². The first kappa shape index (κ1) is 34.9. The van der Waals surface area contributed by atoms with Gasteiger partial charge in [-0.05, 0) is 25.1 Å². The molecule has 20 heteroatoms. The van der Waals surface area contributed by atoms with Crippen molar-refractivity contribution < 1.29 is 41.5 Å². The lowest BCUT2D eigenvalue weighted by Crippen LogP contribution is -2.25. The van der Waals surface area contributed by atoms with Gasteiger partial charge in [-0.1, -0.05) is 37.0 Å². The van der Waals surface area contributed by atoms with Crippen LogP contribution in [0.5, 0.6) is 0 Å². The highest BCUT2D eigenvalue weighted by atomic mass is 35.5. The Bertz CT molecular complexity index is 1280. The Balaban J connectivity index is 0.000000770. The first-order valence-electron chi connectivity index (χ1n) is 9.82. The number of halogens is 4. The van der Waals surface area contributed by atoms with Crippen molar-refractivity contribution in [3.05, 3.63) is 38.5 Å². The van der Waals surface area contributed by atoms with Gasteiger partial charge in [0.25, 0.3) is 0 Å². The molecule has 7 N–H and O–H groups in total. The number of aryl methyl sites for hydroxylation is 1. The fraction of sp³-hybridized carbons (Fsp3) is 0.471. The van der Waals surface area contributed by atoms with Gasteiger partial charge in [0.15, 0.2) is 0 Å². The standard InChI is InChI=1S/C11H10Cl2F2N4O3S.C3H8NO5P.C3H9N/c1-5-16-19(11(20)18(5)10(14)15)9-4-8(17-23(2,21)22)6(12)3-7(9)13;5-3(6)1-4-2-10(7,8)9;1-3(2)4/h3-4,10,17H,1-2H3;4H,1-2H2,(H,5,6)(H2,7,8,9);3H,4H2,1-2H3. The van der Waals surface area contributed by atoms with Crippen LogP contribution >= 0.6 is 30.8 Å². The third-order valence-corrected chi connectivity index (χ3v) is 5.17. The molecule has 0 aliphatic carbocycles. The molecule has 2 rings (SSSR count). The zero-order chi connectivity index (χ0) is 29.3. The molecular weight excluding hydrogens is 588 g/mol. The Labute approximate surface area is 220 Å². The van der Waals surface area contributed by atoms with Crippen molar-refractivity contribution in [3.8, 4) is 5.69 Å². The van der Waals surface area contributed by atoms with E-state index in [1.54, 1.807) is 0 Å². The maximum atomic E-state index is 12.8. The summed E-state index contributed by atoms with van der Waals surface area (Å²) in [6.45, 7) is 1.60. The van der Waals surface area contributed by atoms with Crippen LogP contribution in [-0.4, -0.2) is 68.8 Å². The number of aromatic nitrogens is 3. The third-order valence-electron chi connectivity index (χ3n) is 3.33. The summed E-state index contributed by atoms with van der Waals surface area (Å²) in [6, 6.07) is 2.64. The minimum absolute atomic E-state index is 0.0257. The fourth-order valence-corrected chi connectivity index (χ4v) is 3.68. The zero-order valence-electron chi connectivity index (χ0n) is 19.9. The van der Waals surface area contributed by atoms with Crippen molar-refractivity contribution in [1.82, 2.24) is 19.7 Å². The molecule has 0 bridgehead atoms. The summed E-state index contributed by atoms with van der Waals surface area (Å²) in [5, 5.41) is 13.7. The van der Waals surface area contributed by atoms with Crippen LogP contribution in [0, 0.1) is 6.92 Å².